The quantitative estimate of drug-likeness (QED) is 0.313. The fourth-order valence-corrected chi connectivity index (χ4v) is 4.75. The van der Waals surface area contributed by atoms with Crippen LogP contribution in [0.5, 0.6) is 5.75 Å². The molecule has 0 spiro atoms. The van der Waals surface area contributed by atoms with Crippen molar-refractivity contribution in [1.29, 1.82) is 0 Å². The van der Waals surface area contributed by atoms with E-state index in [1.165, 1.54) is 5.56 Å². The lowest BCUT2D eigenvalue weighted by Crippen LogP contribution is -2.18. The molecule has 176 valence electrons. The smallest absolute Gasteiger partial charge is 0.306 e. The molecular formula is C28H40O3S. The van der Waals surface area contributed by atoms with Crippen molar-refractivity contribution in [2.24, 2.45) is 0 Å². The van der Waals surface area contributed by atoms with Crippen LogP contribution in [0.25, 0.3) is 0 Å². The van der Waals surface area contributed by atoms with Crippen LogP contribution in [0, 0.1) is 0 Å². The van der Waals surface area contributed by atoms with Gasteiger partial charge in [-0.25, -0.2) is 0 Å². The number of rotatable bonds is 9. The van der Waals surface area contributed by atoms with Crippen molar-refractivity contribution in [2.75, 3.05) is 12.4 Å². The fraction of sp³-hybridized carbons (Fsp3) is 0.536. The van der Waals surface area contributed by atoms with Gasteiger partial charge in [0.15, 0.2) is 0 Å². The number of carbonyl (C=O) groups is 1. The zero-order chi connectivity index (χ0) is 23.9. The first kappa shape index (κ1) is 26.3. The van der Waals surface area contributed by atoms with E-state index in [2.05, 4.69) is 72.7 Å². The van der Waals surface area contributed by atoms with Gasteiger partial charge in [-0.05, 0) is 33.9 Å². The van der Waals surface area contributed by atoms with Gasteiger partial charge in [-0.15, -0.1) is 11.8 Å². The number of ether oxygens (including phenoxy) is 1. The first-order valence-corrected chi connectivity index (χ1v) is 12.7. The van der Waals surface area contributed by atoms with E-state index < -0.39 is 0 Å². The summed E-state index contributed by atoms with van der Waals surface area (Å²) in [4.78, 5) is 12.1. The first-order chi connectivity index (χ1) is 14.9. The summed E-state index contributed by atoms with van der Waals surface area (Å²) in [5.74, 6) is 0.840. The van der Waals surface area contributed by atoms with Gasteiger partial charge in [-0.1, -0.05) is 97.4 Å². The normalized spacial score (nSPS) is 13.1. The highest BCUT2D eigenvalue weighted by molar-refractivity contribution is 7.99. The highest BCUT2D eigenvalue weighted by Gasteiger charge is 2.28. The average molecular weight is 457 g/mol. The molecule has 0 aliphatic carbocycles. The largest absolute Gasteiger partial charge is 0.507 e. The third kappa shape index (κ3) is 7.30. The number of esters is 1. The number of unbranched alkanes of at least 4 members (excludes halogenated alkanes) is 1. The third-order valence-corrected chi connectivity index (χ3v) is 6.85. The maximum absolute atomic E-state index is 12.1. The number of hydrogen-bond donors (Lipinski definition) is 1. The Hall–Kier alpha value is -1.94. The molecule has 0 fully saturated rings. The minimum absolute atomic E-state index is 0.0442. The summed E-state index contributed by atoms with van der Waals surface area (Å²) < 4.78 is 5.33. The number of hydrogen-bond acceptors (Lipinski definition) is 4. The molecule has 1 unspecified atom stereocenters. The van der Waals surface area contributed by atoms with Gasteiger partial charge in [0.25, 0.3) is 0 Å². The number of phenols is 1. The molecule has 0 saturated heterocycles. The van der Waals surface area contributed by atoms with Crippen LogP contribution in [0.3, 0.4) is 0 Å². The van der Waals surface area contributed by atoms with Crippen LogP contribution in [0.15, 0.2) is 42.5 Å². The molecule has 2 aromatic rings. The number of benzene rings is 2. The Labute approximate surface area is 199 Å². The minimum Gasteiger partial charge on any atom is -0.507 e. The third-order valence-electron chi connectivity index (χ3n) is 5.55. The lowest BCUT2D eigenvalue weighted by Gasteiger charge is -2.30. The molecule has 0 aliphatic rings. The summed E-state index contributed by atoms with van der Waals surface area (Å²) in [6.07, 6.45) is 2.27. The average Bonchev–Trinajstić information content (AvgIpc) is 2.71. The number of carbonyl (C=O) groups excluding carboxylic acids is 1. The van der Waals surface area contributed by atoms with Crippen molar-refractivity contribution >= 4 is 17.7 Å². The Bertz CT molecular complexity index is 876. The van der Waals surface area contributed by atoms with Gasteiger partial charge in [0.2, 0.25) is 0 Å². The van der Waals surface area contributed by atoms with Gasteiger partial charge >= 0.3 is 5.97 Å². The van der Waals surface area contributed by atoms with Crippen LogP contribution in [0.4, 0.5) is 0 Å². The molecule has 0 radical (unpaired) electrons. The maximum atomic E-state index is 12.1. The van der Waals surface area contributed by atoms with Crippen molar-refractivity contribution in [3.63, 3.8) is 0 Å². The molecule has 0 aromatic heterocycles. The Kier molecular flexibility index (Phi) is 9.27. The number of aromatic hydroxyl groups is 1. The van der Waals surface area contributed by atoms with E-state index in [1.54, 1.807) is 11.8 Å². The van der Waals surface area contributed by atoms with Crippen LogP contribution in [0.1, 0.15) is 95.2 Å². The zero-order valence-electron chi connectivity index (χ0n) is 20.8. The monoisotopic (exact) mass is 456 g/mol. The first-order valence-electron chi connectivity index (χ1n) is 11.6. The second-order valence-corrected chi connectivity index (χ2v) is 11.7. The Morgan fingerprint density at radius 2 is 1.69 bits per heavy atom. The molecule has 0 heterocycles. The molecule has 0 amide bonds. The van der Waals surface area contributed by atoms with E-state index in [1.807, 2.05) is 18.2 Å². The minimum atomic E-state index is -0.185. The van der Waals surface area contributed by atoms with E-state index in [0.717, 1.165) is 29.5 Å². The molecule has 2 rings (SSSR count). The SMILES string of the molecule is CCCCOC(=O)CCSC(c1ccccc1)c1cc(C(C)(C)C)cc(C(C)(C)C)c1O. The van der Waals surface area contributed by atoms with Gasteiger partial charge in [0.1, 0.15) is 5.75 Å². The molecule has 1 atom stereocenters. The van der Waals surface area contributed by atoms with Crippen molar-refractivity contribution < 1.29 is 14.6 Å². The fourth-order valence-electron chi connectivity index (χ4n) is 3.52. The van der Waals surface area contributed by atoms with Crippen molar-refractivity contribution in [3.8, 4) is 5.75 Å². The van der Waals surface area contributed by atoms with Gasteiger partial charge in [-0.3, -0.25) is 4.79 Å². The summed E-state index contributed by atoms with van der Waals surface area (Å²) in [5, 5.41) is 11.3. The number of thioether (sulfide) groups is 1. The molecule has 32 heavy (non-hydrogen) atoms. The van der Waals surface area contributed by atoms with Crippen molar-refractivity contribution in [2.45, 2.75) is 83.8 Å². The summed E-state index contributed by atoms with van der Waals surface area (Å²) in [7, 11) is 0. The second kappa shape index (κ2) is 11.3. The van der Waals surface area contributed by atoms with Crippen LogP contribution in [-0.2, 0) is 20.4 Å². The molecule has 1 N–H and O–H groups in total. The highest BCUT2D eigenvalue weighted by Crippen LogP contribution is 2.46. The van der Waals surface area contributed by atoms with Gasteiger partial charge in [0.05, 0.1) is 18.3 Å². The lowest BCUT2D eigenvalue weighted by atomic mass is 9.78. The molecule has 3 nitrogen and oxygen atoms in total. The summed E-state index contributed by atoms with van der Waals surface area (Å²) in [6, 6.07) is 14.5. The van der Waals surface area contributed by atoms with Crippen LogP contribution < -0.4 is 0 Å². The molecule has 0 saturated carbocycles. The van der Waals surface area contributed by atoms with E-state index in [0.29, 0.717) is 24.5 Å². The molecule has 2 aromatic carbocycles. The van der Waals surface area contributed by atoms with Gasteiger partial charge in [0, 0.05) is 11.3 Å². The molecule has 0 bridgehead atoms. The van der Waals surface area contributed by atoms with E-state index in [-0.39, 0.29) is 22.0 Å². The summed E-state index contributed by atoms with van der Waals surface area (Å²) in [6.45, 7) is 15.6. The molecule has 0 aliphatic heterocycles. The lowest BCUT2D eigenvalue weighted by molar-refractivity contribution is -0.143. The van der Waals surface area contributed by atoms with Gasteiger partial charge < -0.3 is 9.84 Å². The Balaban J connectivity index is 2.42. The van der Waals surface area contributed by atoms with E-state index in [4.69, 9.17) is 4.74 Å². The highest BCUT2D eigenvalue weighted by atomic mass is 32.2. The van der Waals surface area contributed by atoms with E-state index >= 15 is 0 Å². The van der Waals surface area contributed by atoms with Crippen LogP contribution in [0.2, 0.25) is 0 Å². The topological polar surface area (TPSA) is 46.5 Å². The van der Waals surface area contributed by atoms with Crippen LogP contribution >= 0.6 is 11.8 Å². The van der Waals surface area contributed by atoms with Crippen molar-refractivity contribution in [3.05, 3.63) is 64.7 Å². The van der Waals surface area contributed by atoms with E-state index in [9.17, 15) is 9.90 Å². The van der Waals surface area contributed by atoms with Crippen molar-refractivity contribution in [1.82, 2.24) is 0 Å². The maximum Gasteiger partial charge on any atom is 0.306 e. The zero-order valence-corrected chi connectivity index (χ0v) is 21.6. The second-order valence-electron chi connectivity index (χ2n) is 10.4. The predicted molar refractivity (Wildman–Crippen MR) is 137 cm³/mol. The number of phenolic OH excluding ortho intramolecular Hbond substituents is 1. The summed E-state index contributed by atoms with van der Waals surface area (Å²) in [5.41, 5.74) is 3.97. The molecular weight excluding hydrogens is 416 g/mol. The van der Waals surface area contributed by atoms with Gasteiger partial charge in [-0.2, -0.15) is 0 Å². The summed E-state index contributed by atoms with van der Waals surface area (Å²) >= 11 is 1.69. The Morgan fingerprint density at radius 1 is 1.03 bits per heavy atom. The van der Waals surface area contributed by atoms with Crippen LogP contribution in [-0.4, -0.2) is 23.4 Å². The predicted octanol–water partition coefficient (Wildman–Crippen LogP) is 7.54. The Morgan fingerprint density at radius 3 is 2.25 bits per heavy atom. The standard InChI is InChI=1S/C28H40O3S/c1-8-9-16-31-24(29)15-17-32-26(20-13-11-10-12-14-20)22-18-21(27(2,3)4)19-23(25(22)30)28(5,6)7/h10-14,18-19,26,30H,8-9,15-17H2,1-7H3. The molecule has 4 heteroatoms.